The predicted molar refractivity (Wildman–Crippen MR) is 103 cm³/mol. The van der Waals surface area contributed by atoms with Crippen LogP contribution in [0.5, 0.6) is 5.75 Å². The highest BCUT2D eigenvalue weighted by molar-refractivity contribution is 7.98. The Morgan fingerprint density at radius 3 is 2.68 bits per heavy atom. The number of rotatable bonds is 6. The van der Waals surface area contributed by atoms with Gasteiger partial charge >= 0.3 is 0 Å². The number of aromatic nitrogens is 3. The first-order chi connectivity index (χ1) is 12.0. The molecule has 4 nitrogen and oxygen atoms in total. The lowest BCUT2D eigenvalue weighted by atomic mass is 10.2. The lowest BCUT2D eigenvalue weighted by Gasteiger charge is -2.09. The number of ether oxygens (including phenoxy) is 1. The molecule has 1 aromatic heterocycles. The van der Waals surface area contributed by atoms with Gasteiger partial charge in [0.05, 0.1) is 5.02 Å². The van der Waals surface area contributed by atoms with Gasteiger partial charge in [0.25, 0.3) is 0 Å². The molecule has 0 fully saturated rings. The van der Waals surface area contributed by atoms with E-state index >= 15 is 0 Å². The lowest BCUT2D eigenvalue weighted by molar-refractivity contribution is 0.290. The van der Waals surface area contributed by atoms with E-state index in [2.05, 4.69) is 10.2 Å². The number of aryl methyl sites for hydroxylation is 1. The topological polar surface area (TPSA) is 39.9 Å². The number of benzene rings is 2. The van der Waals surface area contributed by atoms with E-state index in [0.29, 0.717) is 17.4 Å². The molecule has 0 unspecified atom stereocenters. The predicted octanol–water partition coefficient (Wildman–Crippen LogP) is 5.30. The summed E-state index contributed by atoms with van der Waals surface area (Å²) >= 11 is 13.9. The van der Waals surface area contributed by atoms with E-state index in [1.807, 2.05) is 61.0 Å². The van der Waals surface area contributed by atoms with Crippen LogP contribution in [0, 0.1) is 6.92 Å². The Morgan fingerprint density at radius 1 is 1.08 bits per heavy atom. The van der Waals surface area contributed by atoms with Crippen molar-refractivity contribution in [1.82, 2.24) is 14.8 Å². The van der Waals surface area contributed by atoms with Gasteiger partial charge in [-0.2, -0.15) is 0 Å². The third-order valence-electron chi connectivity index (χ3n) is 3.68. The van der Waals surface area contributed by atoms with Crippen LogP contribution in [-0.2, 0) is 19.4 Å². The van der Waals surface area contributed by atoms with Crippen LogP contribution in [0.2, 0.25) is 10.0 Å². The third-order valence-corrected chi connectivity index (χ3v) is 5.43. The van der Waals surface area contributed by atoms with Crippen LogP contribution in [0.25, 0.3) is 0 Å². The van der Waals surface area contributed by atoms with E-state index in [4.69, 9.17) is 27.9 Å². The van der Waals surface area contributed by atoms with Gasteiger partial charge in [0.15, 0.2) is 11.0 Å². The number of halogens is 2. The van der Waals surface area contributed by atoms with Gasteiger partial charge in [-0.05, 0) is 36.2 Å². The van der Waals surface area contributed by atoms with Gasteiger partial charge in [-0.3, -0.25) is 0 Å². The fourth-order valence-corrected chi connectivity index (χ4v) is 3.61. The van der Waals surface area contributed by atoms with Crippen molar-refractivity contribution in [2.24, 2.45) is 7.05 Å². The number of hydrogen-bond donors (Lipinski definition) is 0. The molecule has 0 aliphatic heterocycles. The molecule has 25 heavy (non-hydrogen) atoms. The molecule has 130 valence electrons. The zero-order chi connectivity index (χ0) is 17.8. The van der Waals surface area contributed by atoms with Crippen molar-refractivity contribution in [3.05, 3.63) is 69.5 Å². The normalized spacial score (nSPS) is 10.9. The van der Waals surface area contributed by atoms with Gasteiger partial charge in [-0.15, -0.1) is 10.2 Å². The average Bonchev–Trinajstić information content (AvgIpc) is 2.95. The summed E-state index contributed by atoms with van der Waals surface area (Å²) in [6.45, 7) is 2.30. The fraction of sp³-hybridized carbons (Fsp3) is 0.222. The molecule has 0 atom stereocenters. The van der Waals surface area contributed by atoms with Crippen LogP contribution in [0.15, 0.2) is 47.6 Å². The molecule has 0 aliphatic rings. The summed E-state index contributed by atoms with van der Waals surface area (Å²) in [7, 11) is 1.92. The minimum Gasteiger partial charge on any atom is -0.484 e. The Morgan fingerprint density at radius 2 is 1.88 bits per heavy atom. The van der Waals surface area contributed by atoms with Crippen LogP contribution < -0.4 is 4.74 Å². The molecule has 2 aromatic carbocycles. The van der Waals surface area contributed by atoms with Gasteiger partial charge in [0.1, 0.15) is 12.4 Å². The van der Waals surface area contributed by atoms with Crippen molar-refractivity contribution in [2.75, 3.05) is 0 Å². The summed E-state index contributed by atoms with van der Waals surface area (Å²) in [6, 6.07) is 13.5. The Kier molecular flexibility index (Phi) is 5.89. The van der Waals surface area contributed by atoms with Gasteiger partial charge in [-0.25, -0.2) is 0 Å². The standard InChI is InChI=1S/C18H17Cl2N3OS/c1-12-7-8-15(20)16(9-12)24-10-17-21-22-18(23(17)2)25-11-13-5-3-4-6-14(13)19/h3-9H,10-11H2,1-2H3. The first-order valence-corrected chi connectivity index (χ1v) is 9.42. The van der Waals surface area contributed by atoms with Crippen molar-refractivity contribution in [3.63, 3.8) is 0 Å². The first-order valence-electron chi connectivity index (χ1n) is 7.68. The van der Waals surface area contributed by atoms with Gasteiger partial charge in [0, 0.05) is 17.8 Å². The van der Waals surface area contributed by atoms with E-state index in [1.165, 1.54) is 0 Å². The molecule has 7 heteroatoms. The van der Waals surface area contributed by atoms with Crippen molar-refractivity contribution in [2.45, 2.75) is 24.4 Å². The van der Waals surface area contributed by atoms with E-state index < -0.39 is 0 Å². The van der Waals surface area contributed by atoms with Crippen LogP contribution in [0.3, 0.4) is 0 Å². The van der Waals surface area contributed by atoms with Gasteiger partial charge in [-0.1, -0.05) is 59.2 Å². The van der Waals surface area contributed by atoms with E-state index in [-0.39, 0.29) is 0 Å². The molecule has 0 saturated carbocycles. The van der Waals surface area contributed by atoms with Gasteiger partial charge in [0.2, 0.25) is 0 Å². The van der Waals surface area contributed by atoms with E-state index in [0.717, 1.165) is 32.9 Å². The summed E-state index contributed by atoms with van der Waals surface area (Å²) in [4.78, 5) is 0. The molecule has 0 bridgehead atoms. The SMILES string of the molecule is Cc1ccc(Cl)c(OCc2nnc(SCc3ccccc3Cl)n2C)c1. The van der Waals surface area contributed by atoms with Crippen molar-refractivity contribution in [3.8, 4) is 5.75 Å². The lowest BCUT2D eigenvalue weighted by Crippen LogP contribution is -2.04. The Balaban J connectivity index is 1.65. The van der Waals surface area contributed by atoms with Crippen molar-refractivity contribution >= 4 is 35.0 Å². The minimum atomic E-state index is 0.305. The Bertz CT molecular complexity index is 883. The number of hydrogen-bond acceptors (Lipinski definition) is 4. The van der Waals surface area contributed by atoms with Crippen LogP contribution >= 0.6 is 35.0 Å². The van der Waals surface area contributed by atoms with Crippen molar-refractivity contribution < 1.29 is 4.74 Å². The van der Waals surface area contributed by atoms with E-state index in [1.54, 1.807) is 11.8 Å². The van der Waals surface area contributed by atoms with Crippen LogP contribution in [-0.4, -0.2) is 14.8 Å². The molecule has 0 amide bonds. The fourth-order valence-electron chi connectivity index (χ4n) is 2.22. The second-order valence-electron chi connectivity index (χ2n) is 5.56. The molecule has 0 N–H and O–H groups in total. The molecule has 3 aromatic rings. The maximum Gasteiger partial charge on any atom is 0.191 e. The van der Waals surface area contributed by atoms with E-state index in [9.17, 15) is 0 Å². The monoisotopic (exact) mass is 393 g/mol. The summed E-state index contributed by atoms with van der Waals surface area (Å²) < 4.78 is 7.72. The zero-order valence-corrected chi connectivity index (χ0v) is 16.2. The largest absolute Gasteiger partial charge is 0.484 e. The molecule has 1 heterocycles. The molecule has 0 saturated heterocycles. The Hall–Kier alpha value is -1.69. The van der Waals surface area contributed by atoms with Gasteiger partial charge < -0.3 is 9.30 Å². The molecule has 0 radical (unpaired) electrons. The summed E-state index contributed by atoms with van der Waals surface area (Å²) in [5.41, 5.74) is 2.16. The highest BCUT2D eigenvalue weighted by atomic mass is 35.5. The minimum absolute atomic E-state index is 0.305. The molecule has 0 aliphatic carbocycles. The van der Waals surface area contributed by atoms with Crippen molar-refractivity contribution in [1.29, 1.82) is 0 Å². The molecule has 3 rings (SSSR count). The zero-order valence-electron chi connectivity index (χ0n) is 13.9. The summed E-state index contributed by atoms with van der Waals surface area (Å²) in [6.07, 6.45) is 0. The molecule has 0 spiro atoms. The van der Waals surface area contributed by atoms with Crippen LogP contribution in [0.4, 0.5) is 0 Å². The quantitative estimate of drug-likeness (QED) is 0.532. The highest BCUT2D eigenvalue weighted by Gasteiger charge is 2.12. The highest BCUT2D eigenvalue weighted by Crippen LogP contribution is 2.27. The molecular weight excluding hydrogens is 377 g/mol. The summed E-state index contributed by atoms with van der Waals surface area (Å²) in [5.74, 6) is 2.12. The summed E-state index contributed by atoms with van der Waals surface area (Å²) in [5, 5.41) is 10.6. The van der Waals surface area contributed by atoms with Crippen LogP contribution in [0.1, 0.15) is 17.0 Å². The number of nitrogens with zero attached hydrogens (tertiary/aromatic N) is 3. The smallest absolute Gasteiger partial charge is 0.191 e. The second-order valence-corrected chi connectivity index (χ2v) is 7.32. The average molecular weight is 394 g/mol. The maximum atomic E-state index is 6.19. The maximum absolute atomic E-state index is 6.19. The third kappa shape index (κ3) is 4.48. The molecular formula is C18H17Cl2N3OS. The first kappa shape index (κ1) is 18.1. The number of thioether (sulfide) groups is 1. The Labute approximate surface area is 161 Å². The second kappa shape index (κ2) is 8.13.